The Balaban J connectivity index is 1.40. The molecule has 0 amide bonds. The molecular formula is C32H29FN2O. The molecule has 0 spiro atoms. The maximum absolute atomic E-state index is 13.1. The zero-order valence-electron chi connectivity index (χ0n) is 20.1. The van der Waals surface area contributed by atoms with E-state index in [2.05, 4.69) is 102 Å². The van der Waals surface area contributed by atoms with E-state index in [1.807, 2.05) is 6.33 Å². The zero-order chi connectivity index (χ0) is 24.6. The third-order valence-electron chi connectivity index (χ3n) is 6.50. The van der Waals surface area contributed by atoms with Gasteiger partial charge in [0.25, 0.3) is 0 Å². The van der Waals surface area contributed by atoms with Gasteiger partial charge < -0.3 is 9.30 Å². The number of hydrogen-bond acceptors (Lipinski definition) is 2. The highest BCUT2D eigenvalue weighted by atomic mass is 19.1. The van der Waals surface area contributed by atoms with Crippen molar-refractivity contribution >= 4 is 0 Å². The van der Waals surface area contributed by atoms with Crippen LogP contribution in [0.4, 0.5) is 4.39 Å². The number of aromatic nitrogens is 2. The summed E-state index contributed by atoms with van der Waals surface area (Å²) in [7, 11) is 0. The van der Waals surface area contributed by atoms with E-state index in [4.69, 9.17) is 9.72 Å². The first kappa shape index (κ1) is 23.7. The molecule has 0 N–H and O–H groups in total. The largest absolute Gasteiger partial charge is 0.377 e. The van der Waals surface area contributed by atoms with Crippen molar-refractivity contribution in [2.75, 3.05) is 6.61 Å². The summed E-state index contributed by atoms with van der Waals surface area (Å²) in [6.07, 6.45) is 5.77. The van der Waals surface area contributed by atoms with E-state index in [1.165, 1.54) is 28.8 Å². The number of nitrogens with zero attached hydrogens (tertiary/aromatic N) is 2. The Hall–Kier alpha value is -4.02. The van der Waals surface area contributed by atoms with Crippen molar-refractivity contribution in [3.8, 4) is 0 Å². The van der Waals surface area contributed by atoms with Crippen LogP contribution >= 0.6 is 0 Å². The van der Waals surface area contributed by atoms with Gasteiger partial charge in [0.05, 0.1) is 18.6 Å². The average Bonchev–Trinajstić information content (AvgIpc) is 3.41. The van der Waals surface area contributed by atoms with Gasteiger partial charge in [-0.05, 0) is 47.2 Å². The van der Waals surface area contributed by atoms with Gasteiger partial charge in [0.15, 0.2) is 0 Å². The van der Waals surface area contributed by atoms with Crippen molar-refractivity contribution in [1.29, 1.82) is 0 Å². The van der Waals surface area contributed by atoms with Crippen LogP contribution in [0.25, 0.3) is 0 Å². The molecule has 5 aromatic rings. The molecule has 0 unspecified atom stereocenters. The molecule has 0 atom stereocenters. The molecule has 0 saturated carbocycles. The molecule has 0 aliphatic rings. The molecule has 0 fully saturated rings. The van der Waals surface area contributed by atoms with Gasteiger partial charge in [-0.1, -0.05) is 103 Å². The summed E-state index contributed by atoms with van der Waals surface area (Å²) >= 11 is 0. The first-order chi connectivity index (χ1) is 17.8. The Morgan fingerprint density at radius 1 is 0.694 bits per heavy atom. The van der Waals surface area contributed by atoms with Crippen LogP contribution < -0.4 is 0 Å². The summed E-state index contributed by atoms with van der Waals surface area (Å²) in [6.45, 7) is 1.10. The van der Waals surface area contributed by atoms with Gasteiger partial charge in [-0.25, -0.2) is 9.37 Å². The first-order valence-electron chi connectivity index (χ1n) is 12.3. The Kier molecular flexibility index (Phi) is 7.34. The minimum atomic E-state index is -0.548. The van der Waals surface area contributed by atoms with E-state index in [1.54, 1.807) is 12.1 Å². The first-order valence-corrected chi connectivity index (χ1v) is 12.3. The Bertz CT molecular complexity index is 1250. The fourth-order valence-corrected chi connectivity index (χ4v) is 4.79. The summed E-state index contributed by atoms with van der Waals surface area (Å²) in [5, 5.41) is 0. The maximum Gasteiger partial charge on any atom is 0.123 e. The average molecular weight is 477 g/mol. The van der Waals surface area contributed by atoms with Crippen LogP contribution in [0.5, 0.6) is 0 Å². The second-order valence-electron chi connectivity index (χ2n) is 8.86. The Labute approximate surface area is 211 Å². The summed E-state index contributed by atoms with van der Waals surface area (Å²) in [5.41, 5.74) is 4.97. The predicted molar refractivity (Wildman–Crippen MR) is 141 cm³/mol. The van der Waals surface area contributed by atoms with Gasteiger partial charge in [0.2, 0.25) is 0 Å². The molecule has 0 aliphatic carbocycles. The normalized spacial score (nSPS) is 11.5. The Morgan fingerprint density at radius 2 is 1.22 bits per heavy atom. The highest BCUT2D eigenvalue weighted by Crippen LogP contribution is 2.40. The maximum atomic E-state index is 13.1. The molecule has 5 rings (SSSR count). The third-order valence-corrected chi connectivity index (χ3v) is 6.50. The van der Waals surface area contributed by atoms with Crippen LogP contribution in [-0.2, 0) is 23.3 Å². The molecule has 1 heterocycles. The fraction of sp³-hybridized carbons (Fsp3) is 0.156. The standard InChI is InChI=1S/C32H29FN2O/c33-30-20-18-26(19-21-30)24-36-22-10-17-31-23-35(25-34-31)32(27-11-4-1-5-12-27,28-13-6-2-7-14-28)29-15-8-3-9-16-29/h1-9,11-16,18-21,23,25H,10,17,22,24H2. The minimum Gasteiger partial charge on any atom is -0.377 e. The van der Waals surface area contributed by atoms with E-state index < -0.39 is 5.54 Å². The van der Waals surface area contributed by atoms with E-state index in [0.29, 0.717) is 13.2 Å². The lowest BCUT2D eigenvalue weighted by Crippen LogP contribution is -2.36. The molecule has 4 heteroatoms. The van der Waals surface area contributed by atoms with Crippen molar-refractivity contribution in [2.45, 2.75) is 25.0 Å². The van der Waals surface area contributed by atoms with Crippen molar-refractivity contribution in [3.05, 3.63) is 162 Å². The van der Waals surface area contributed by atoms with Crippen LogP contribution in [0.1, 0.15) is 34.4 Å². The van der Waals surface area contributed by atoms with Crippen molar-refractivity contribution in [1.82, 2.24) is 9.55 Å². The number of hydrogen-bond donors (Lipinski definition) is 0. The van der Waals surface area contributed by atoms with Gasteiger partial charge in [-0.15, -0.1) is 0 Å². The number of ether oxygens (including phenoxy) is 1. The van der Waals surface area contributed by atoms with Crippen LogP contribution in [0.2, 0.25) is 0 Å². The molecule has 0 aliphatic heterocycles. The lowest BCUT2D eigenvalue weighted by molar-refractivity contribution is 0.118. The van der Waals surface area contributed by atoms with Crippen LogP contribution in [-0.4, -0.2) is 16.2 Å². The van der Waals surface area contributed by atoms with Gasteiger partial charge >= 0.3 is 0 Å². The number of rotatable bonds is 10. The van der Waals surface area contributed by atoms with Crippen LogP contribution in [0.3, 0.4) is 0 Å². The molecule has 3 nitrogen and oxygen atoms in total. The molecule has 0 radical (unpaired) electrons. The van der Waals surface area contributed by atoms with Crippen molar-refractivity contribution < 1.29 is 9.13 Å². The highest BCUT2D eigenvalue weighted by Gasteiger charge is 2.38. The minimum absolute atomic E-state index is 0.230. The van der Waals surface area contributed by atoms with Gasteiger partial charge in [-0.2, -0.15) is 0 Å². The number of imidazole rings is 1. The second kappa shape index (κ2) is 11.1. The fourth-order valence-electron chi connectivity index (χ4n) is 4.79. The molecule has 4 aromatic carbocycles. The predicted octanol–water partition coefficient (Wildman–Crippen LogP) is 7.01. The lowest BCUT2D eigenvalue weighted by Gasteiger charge is -2.37. The van der Waals surface area contributed by atoms with Gasteiger partial charge in [0.1, 0.15) is 11.4 Å². The Morgan fingerprint density at radius 3 is 1.75 bits per heavy atom. The molecule has 36 heavy (non-hydrogen) atoms. The SMILES string of the molecule is Fc1ccc(COCCCc2cn(C(c3ccccc3)(c3ccccc3)c3ccccc3)cn2)cc1. The van der Waals surface area contributed by atoms with Gasteiger partial charge in [-0.3, -0.25) is 0 Å². The summed E-state index contributed by atoms with van der Waals surface area (Å²) in [6, 6.07) is 38.2. The molecule has 180 valence electrons. The van der Waals surface area contributed by atoms with Crippen LogP contribution in [0.15, 0.2) is 128 Å². The van der Waals surface area contributed by atoms with E-state index >= 15 is 0 Å². The summed E-state index contributed by atoms with van der Waals surface area (Å²) < 4.78 is 21.1. The van der Waals surface area contributed by atoms with E-state index in [-0.39, 0.29) is 5.82 Å². The summed E-state index contributed by atoms with van der Waals surface area (Å²) in [5.74, 6) is -0.230. The quantitative estimate of drug-likeness (QED) is 0.160. The number of halogens is 1. The molecular weight excluding hydrogens is 447 g/mol. The van der Waals surface area contributed by atoms with E-state index in [0.717, 1.165) is 24.1 Å². The van der Waals surface area contributed by atoms with E-state index in [9.17, 15) is 4.39 Å². The van der Waals surface area contributed by atoms with Crippen molar-refractivity contribution in [3.63, 3.8) is 0 Å². The zero-order valence-corrected chi connectivity index (χ0v) is 20.1. The summed E-state index contributed by atoms with van der Waals surface area (Å²) in [4.78, 5) is 4.79. The molecule has 1 aromatic heterocycles. The second-order valence-corrected chi connectivity index (χ2v) is 8.86. The molecule has 0 saturated heterocycles. The smallest absolute Gasteiger partial charge is 0.123 e. The molecule has 0 bridgehead atoms. The lowest BCUT2D eigenvalue weighted by atomic mass is 9.77. The van der Waals surface area contributed by atoms with Gasteiger partial charge in [0, 0.05) is 12.8 Å². The third kappa shape index (κ3) is 5.00. The van der Waals surface area contributed by atoms with Crippen LogP contribution in [0, 0.1) is 5.82 Å². The highest BCUT2D eigenvalue weighted by molar-refractivity contribution is 5.50. The number of benzene rings is 4. The topological polar surface area (TPSA) is 27.1 Å². The monoisotopic (exact) mass is 476 g/mol. The number of aryl methyl sites for hydroxylation is 1. The van der Waals surface area contributed by atoms with Crippen molar-refractivity contribution in [2.24, 2.45) is 0 Å².